The summed E-state index contributed by atoms with van der Waals surface area (Å²) in [6, 6.07) is 4.33. The molecule has 0 saturated heterocycles. The van der Waals surface area contributed by atoms with E-state index in [1.807, 2.05) is 6.20 Å². The van der Waals surface area contributed by atoms with E-state index >= 15 is 0 Å². The Labute approximate surface area is 124 Å². The molecule has 1 rings (SSSR count). The fraction of sp³-hybridized carbons (Fsp3) is 0.706. The third kappa shape index (κ3) is 5.91. The van der Waals surface area contributed by atoms with Gasteiger partial charge in [0.2, 0.25) is 0 Å². The molecule has 1 aromatic heterocycles. The Hall–Kier alpha value is -1.09. The van der Waals surface area contributed by atoms with Crippen molar-refractivity contribution in [2.45, 2.75) is 60.0 Å². The fourth-order valence-electron chi connectivity index (χ4n) is 2.04. The van der Waals surface area contributed by atoms with Gasteiger partial charge in [-0.25, -0.2) is 0 Å². The fourth-order valence-corrected chi connectivity index (χ4v) is 2.04. The van der Waals surface area contributed by atoms with Crippen LogP contribution in [0.15, 0.2) is 18.3 Å². The first-order chi connectivity index (χ1) is 9.35. The van der Waals surface area contributed by atoms with Gasteiger partial charge in [0.1, 0.15) is 0 Å². The van der Waals surface area contributed by atoms with Crippen LogP contribution in [0.25, 0.3) is 0 Å². The lowest BCUT2D eigenvalue weighted by molar-refractivity contribution is 0.421. The molecular weight excluding hydrogens is 246 g/mol. The van der Waals surface area contributed by atoms with E-state index in [-0.39, 0.29) is 5.54 Å². The van der Waals surface area contributed by atoms with Crippen molar-refractivity contribution in [3.05, 3.63) is 24.0 Å². The molecule has 0 aliphatic rings. The van der Waals surface area contributed by atoms with Crippen LogP contribution < -0.4 is 10.2 Å². The van der Waals surface area contributed by atoms with Crippen molar-refractivity contribution in [1.82, 2.24) is 10.3 Å². The van der Waals surface area contributed by atoms with Crippen LogP contribution in [0.5, 0.6) is 0 Å². The second kappa shape index (κ2) is 7.63. The van der Waals surface area contributed by atoms with Crippen LogP contribution in [-0.2, 0) is 6.54 Å². The van der Waals surface area contributed by atoms with Crippen LogP contribution in [0, 0.1) is 5.92 Å². The molecule has 0 amide bonds. The number of rotatable bonds is 7. The highest BCUT2D eigenvalue weighted by Gasteiger charge is 2.11. The lowest BCUT2D eigenvalue weighted by Crippen LogP contribution is -2.35. The molecule has 0 saturated carbocycles. The van der Waals surface area contributed by atoms with E-state index in [0.29, 0.717) is 0 Å². The largest absolute Gasteiger partial charge is 0.371 e. The Balaban J connectivity index is 2.74. The van der Waals surface area contributed by atoms with Crippen molar-refractivity contribution in [3.8, 4) is 0 Å². The first kappa shape index (κ1) is 17.0. The Morgan fingerprint density at radius 3 is 2.55 bits per heavy atom. The van der Waals surface area contributed by atoms with Crippen molar-refractivity contribution in [1.29, 1.82) is 0 Å². The SMILES string of the molecule is CCC(C)CN(CC)c1ccnc(CNC(C)(C)C)c1. The predicted octanol–water partition coefficient (Wildman–Crippen LogP) is 3.84. The van der Waals surface area contributed by atoms with Crippen LogP contribution in [0.1, 0.15) is 53.7 Å². The molecule has 114 valence electrons. The van der Waals surface area contributed by atoms with Crippen molar-refractivity contribution in [3.63, 3.8) is 0 Å². The van der Waals surface area contributed by atoms with Crippen molar-refractivity contribution >= 4 is 5.69 Å². The maximum atomic E-state index is 4.47. The molecule has 1 unspecified atom stereocenters. The monoisotopic (exact) mass is 277 g/mol. The number of aromatic nitrogens is 1. The van der Waals surface area contributed by atoms with Crippen LogP contribution in [0.2, 0.25) is 0 Å². The molecule has 1 atom stereocenters. The number of anilines is 1. The molecule has 1 N–H and O–H groups in total. The summed E-state index contributed by atoms with van der Waals surface area (Å²) in [7, 11) is 0. The Morgan fingerprint density at radius 1 is 1.30 bits per heavy atom. The van der Waals surface area contributed by atoms with Gasteiger partial charge in [-0.3, -0.25) is 4.98 Å². The minimum Gasteiger partial charge on any atom is -0.371 e. The quantitative estimate of drug-likeness (QED) is 0.820. The minimum absolute atomic E-state index is 0.124. The number of nitrogens with one attached hydrogen (secondary N) is 1. The van der Waals surface area contributed by atoms with Gasteiger partial charge in [0.05, 0.1) is 5.69 Å². The maximum Gasteiger partial charge on any atom is 0.0562 e. The van der Waals surface area contributed by atoms with Crippen molar-refractivity contribution in [2.75, 3.05) is 18.0 Å². The van der Waals surface area contributed by atoms with Gasteiger partial charge in [0, 0.05) is 37.1 Å². The molecular formula is C17H31N3. The van der Waals surface area contributed by atoms with E-state index in [0.717, 1.165) is 31.2 Å². The summed E-state index contributed by atoms with van der Waals surface area (Å²) in [6.45, 7) is 16.3. The molecule has 0 bridgehead atoms. The van der Waals surface area contributed by atoms with Gasteiger partial charge in [0.25, 0.3) is 0 Å². The molecule has 3 nitrogen and oxygen atoms in total. The van der Waals surface area contributed by atoms with Gasteiger partial charge < -0.3 is 10.2 Å². The second-order valence-electron chi connectivity index (χ2n) is 6.66. The highest BCUT2D eigenvalue weighted by molar-refractivity contribution is 5.46. The molecule has 0 aromatic carbocycles. The van der Waals surface area contributed by atoms with Crippen molar-refractivity contribution in [2.24, 2.45) is 5.92 Å². The molecule has 0 fully saturated rings. The zero-order valence-electron chi connectivity index (χ0n) is 14.0. The highest BCUT2D eigenvalue weighted by Crippen LogP contribution is 2.17. The van der Waals surface area contributed by atoms with E-state index < -0.39 is 0 Å². The lowest BCUT2D eigenvalue weighted by atomic mass is 10.1. The summed E-state index contributed by atoms with van der Waals surface area (Å²) < 4.78 is 0. The van der Waals surface area contributed by atoms with Crippen molar-refractivity contribution < 1.29 is 0 Å². The molecule has 3 heteroatoms. The number of pyridine rings is 1. The van der Waals surface area contributed by atoms with Crippen LogP contribution in [0.3, 0.4) is 0 Å². The van der Waals surface area contributed by atoms with E-state index in [2.05, 4.69) is 68.9 Å². The van der Waals surface area contributed by atoms with Crippen LogP contribution in [0.4, 0.5) is 5.69 Å². The molecule has 1 heterocycles. The average Bonchev–Trinajstić information content (AvgIpc) is 2.41. The normalized spacial score (nSPS) is 13.3. The van der Waals surface area contributed by atoms with Gasteiger partial charge in [-0.15, -0.1) is 0 Å². The molecule has 0 radical (unpaired) electrons. The minimum atomic E-state index is 0.124. The third-order valence-electron chi connectivity index (χ3n) is 3.58. The summed E-state index contributed by atoms with van der Waals surface area (Å²) in [5.41, 5.74) is 2.52. The number of hydrogen-bond donors (Lipinski definition) is 1. The molecule has 20 heavy (non-hydrogen) atoms. The summed E-state index contributed by atoms with van der Waals surface area (Å²) in [4.78, 5) is 6.91. The zero-order chi connectivity index (χ0) is 15.2. The van der Waals surface area contributed by atoms with Gasteiger partial charge in [0.15, 0.2) is 0 Å². The Kier molecular flexibility index (Phi) is 6.47. The van der Waals surface area contributed by atoms with E-state index in [1.165, 1.54) is 12.1 Å². The lowest BCUT2D eigenvalue weighted by Gasteiger charge is -2.27. The zero-order valence-corrected chi connectivity index (χ0v) is 14.0. The summed E-state index contributed by atoms with van der Waals surface area (Å²) >= 11 is 0. The summed E-state index contributed by atoms with van der Waals surface area (Å²) in [5, 5.41) is 3.49. The number of nitrogens with zero attached hydrogens (tertiary/aromatic N) is 2. The maximum absolute atomic E-state index is 4.47. The first-order valence-electron chi connectivity index (χ1n) is 7.80. The third-order valence-corrected chi connectivity index (χ3v) is 3.58. The molecule has 0 spiro atoms. The summed E-state index contributed by atoms with van der Waals surface area (Å²) in [5.74, 6) is 0.722. The molecule has 1 aromatic rings. The van der Waals surface area contributed by atoms with Crippen LogP contribution >= 0.6 is 0 Å². The Morgan fingerprint density at radius 2 is 2.00 bits per heavy atom. The number of hydrogen-bond acceptors (Lipinski definition) is 3. The summed E-state index contributed by atoms with van der Waals surface area (Å²) in [6.07, 6.45) is 3.15. The van der Waals surface area contributed by atoms with E-state index in [1.54, 1.807) is 0 Å². The smallest absolute Gasteiger partial charge is 0.0562 e. The van der Waals surface area contributed by atoms with Gasteiger partial charge >= 0.3 is 0 Å². The molecule has 0 aliphatic heterocycles. The van der Waals surface area contributed by atoms with E-state index in [4.69, 9.17) is 0 Å². The van der Waals surface area contributed by atoms with Gasteiger partial charge in [-0.05, 0) is 45.7 Å². The topological polar surface area (TPSA) is 28.2 Å². The van der Waals surface area contributed by atoms with Crippen LogP contribution in [-0.4, -0.2) is 23.6 Å². The van der Waals surface area contributed by atoms with E-state index in [9.17, 15) is 0 Å². The average molecular weight is 277 g/mol. The Bertz CT molecular complexity index is 395. The van der Waals surface area contributed by atoms with Gasteiger partial charge in [-0.2, -0.15) is 0 Å². The highest BCUT2D eigenvalue weighted by atomic mass is 15.1. The predicted molar refractivity (Wildman–Crippen MR) is 88.2 cm³/mol. The second-order valence-corrected chi connectivity index (χ2v) is 6.66. The first-order valence-corrected chi connectivity index (χ1v) is 7.80. The standard InChI is InChI=1S/C17H31N3/c1-7-14(3)13-20(8-2)16-9-10-18-15(11-16)12-19-17(4,5)6/h9-11,14,19H,7-8,12-13H2,1-6H3. The van der Waals surface area contributed by atoms with Gasteiger partial charge in [-0.1, -0.05) is 20.3 Å². The molecule has 0 aliphatic carbocycles.